The van der Waals surface area contributed by atoms with E-state index in [0.29, 0.717) is 6.04 Å². The molecule has 4 N–H and O–H groups in total. The van der Waals surface area contributed by atoms with Crippen LogP contribution in [-0.2, 0) is 0 Å². The summed E-state index contributed by atoms with van der Waals surface area (Å²) in [5.74, 6) is 0. The van der Waals surface area contributed by atoms with Crippen LogP contribution in [0.25, 0.3) is 0 Å². The van der Waals surface area contributed by atoms with Crippen LogP contribution < -0.4 is 10.6 Å². The second kappa shape index (κ2) is 4.22. The maximum Gasteiger partial charge on any atom is 0.172 e. The van der Waals surface area contributed by atoms with Gasteiger partial charge >= 0.3 is 0 Å². The first kappa shape index (κ1) is 9.19. The first-order chi connectivity index (χ1) is 6.42. The Labute approximate surface area is 83.4 Å². The van der Waals surface area contributed by atoms with Gasteiger partial charge in [0, 0.05) is 12.8 Å². The van der Waals surface area contributed by atoms with E-state index in [2.05, 4.69) is 23.2 Å². The molecule has 13 heavy (non-hydrogen) atoms. The lowest BCUT2D eigenvalue weighted by atomic mass is 10.2. The Morgan fingerprint density at radius 3 is 2.77 bits per heavy atom. The second-order valence-corrected chi connectivity index (χ2v) is 4.70. The monoisotopic (exact) mass is 198 g/mol. The number of thiophene rings is 1. The summed E-state index contributed by atoms with van der Waals surface area (Å²) in [5.41, 5.74) is 4.07. The molecule has 1 aliphatic rings. The van der Waals surface area contributed by atoms with Crippen molar-refractivity contribution in [2.24, 2.45) is 0 Å². The summed E-state index contributed by atoms with van der Waals surface area (Å²) < 4.78 is 0. The van der Waals surface area contributed by atoms with E-state index in [4.69, 9.17) is 0 Å². The van der Waals surface area contributed by atoms with Crippen LogP contribution in [0.4, 0.5) is 0 Å². The Bertz CT molecular complexity index is 239. The van der Waals surface area contributed by atoms with Crippen molar-refractivity contribution in [1.82, 2.24) is 0 Å². The molecule has 2 rings (SSSR count). The molecular weight excluding hydrogens is 180 g/mol. The van der Waals surface area contributed by atoms with Crippen molar-refractivity contribution >= 4 is 11.3 Å². The third-order valence-electron chi connectivity index (χ3n) is 2.91. The Morgan fingerprint density at radius 2 is 2.23 bits per heavy atom. The highest BCUT2D eigenvalue weighted by Crippen LogP contribution is 2.15. The molecule has 0 saturated carbocycles. The Balaban J connectivity index is 2.08. The van der Waals surface area contributed by atoms with E-state index >= 15 is 0 Å². The highest BCUT2D eigenvalue weighted by Gasteiger charge is 2.27. The summed E-state index contributed by atoms with van der Waals surface area (Å²) in [6, 6.07) is 5.08. The highest BCUT2D eigenvalue weighted by molar-refractivity contribution is 7.10. The summed E-state index contributed by atoms with van der Waals surface area (Å²) >= 11 is 1.88. The summed E-state index contributed by atoms with van der Waals surface area (Å²) in [4.78, 5) is 3.27. The zero-order valence-electron chi connectivity index (χ0n) is 7.96. The zero-order chi connectivity index (χ0) is 9.10. The first-order valence-corrected chi connectivity index (χ1v) is 5.97. The number of hydrogen-bond donors (Lipinski definition) is 2. The van der Waals surface area contributed by atoms with Gasteiger partial charge in [0.2, 0.25) is 0 Å². The van der Waals surface area contributed by atoms with Crippen LogP contribution in [0.3, 0.4) is 0 Å². The lowest BCUT2D eigenvalue weighted by Gasteiger charge is -2.20. The molecule has 0 bridgehead atoms. The lowest BCUT2D eigenvalue weighted by molar-refractivity contribution is -0.925. The van der Waals surface area contributed by atoms with Crippen LogP contribution >= 0.6 is 11.3 Å². The molecular formula is C10H18N2S+2. The van der Waals surface area contributed by atoms with E-state index in [1.54, 1.807) is 4.90 Å². The van der Waals surface area contributed by atoms with Gasteiger partial charge in [0.1, 0.15) is 6.54 Å². The molecule has 1 aromatic rings. The van der Waals surface area contributed by atoms with E-state index < -0.39 is 0 Å². The minimum absolute atomic E-state index is 0.669. The van der Waals surface area contributed by atoms with Gasteiger partial charge in [-0.15, -0.1) is 11.3 Å². The fraction of sp³-hybridized carbons (Fsp3) is 0.600. The van der Waals surface area contributed by atoms with Gasteiger partial charge in [0.25, 0.3) is 0 Å². The molecule has 1 atom stereocenters. The third kappa shape index (κ3) is 1.93. The van der Waals surface area contributed by atoms with Crippen molar-refractivity contribution in [3.63, 3.8) is 0 Å². The fourth-order valence-corrected chi connectivity index (χ4v) is 3.13. The molecule has 0 amide bonds. The van der Waals surface area contributed by atoms with Crippen molar-refractivity contribution in [2.45, 2.75) is 18.9 Å². The van der Waals surface area contributed by atoms with Crippen LogP contribution in [0, 0.1) is 0 Å². The van der Waals surface area contributed by atoms with Crippen molar-refractivity contribution in [2.75, 3.05) is 19.6 Å². The van der Waals surface area contributed by atoms with Gasteiger partial charge < -0.3 is 10.6 Å². The second-order valence-electron chi connectivity index (χ2n) is 3.72. The molecule has 0 unspecified atom stereocenters. The molecule has 2 heterocycles. The fourth-order valence-electron chi connectivity index (χ4n) is 2.21. The van der Waals surface area contributed by atoms with Crippen molar-refractivity contribution < 1.29 is 10.6 Å². The van der Waals surface area contributed by atoms with Crippen molar-refractivity contribution in [3.05, 3.63) is 22.4 Å². The largest absolute Gasteiger partial charge is 0.352 e. The minimum Gasteiger partial charge on any atom is -0.352 e. The van der Waals surface area contributed by atoms with E-state index in [1.165, 1.54) is 30.8 Å². The van der Waals surface area contributed by atoms with Crippen LogP contribution in [0.2, 0.25) is 0 Å². The van der Waals surface area contributed by atoms with Gasteiger partial charge in [-0.05, 0) is 11.4 Å². The van der Waals surface area contributed by atoms with Gasteiger partial charge in [-0.2, -0.15) is 0 Å². The van der Waals surface area contributed by atoms with Gasteiger partial charge in [-0.25, -0.2) is 0 Å². The van der Waals surface area contributed by atoms with E-state index in [-0.39, 0.29) is 0 Å². The smallest absolute Gasteiger partial charge is 0.172 e. The van der Waals surface area contributed by atoms with Crippen LogP contribution in [0.1, 0.15) is 23.8 Å². The topological polar surface area (TPSA) is 32.1 Å². The van der Waals surface area contributed by atoms with Gasteiger partial charge in [0.15, 0.2) is 6.04 Å². The highest BCUT2D eigenvalue weighted by atomic mass is 32.1. The number of nitrogens with one attached hydrogen (secondary N) is 1. The van der Waals surface area contributed by atoms with Crippen LogP contribution in [0.5, 0.6) is 0 Å². The third-order valence-corrected chi connectivity index (χ3v) is 3.90. The van der Waals surface area contributed by atoms with Crippen LogP contribution in [-0.4, -0.2) is 19.6 Å². The number of likely N-dealkylation sites (tertiary alicyclic amines) is 1. The minimum atomic E-state index is 0.669. The molecule has 1 aromatic heterocycles. The number of hydrogen-bond acceptors (Lipinski definition) is 1. The predicted octanol–water partition coefficient (Wildman–Crippen LogP) is -0.290. The van der Waals surface area contributed by atoms with Gasteiger partial charge in [-0.3, -0.25) is 0 Å². The SMILES string of the molecule is [NH3+]C[C@@H](c1cccs1)[NH+]1CCCC1. The molecule has 1 aliphatic heterocycles. The molecule has 3 heteroatoms. The number of rotatable bonds is 3. The maximum absolute atomic E-state index is 4.07. The summed E-state index contributed by atoms with van der Waals surface area (Å²) in [7, 11) is 0. The summed E-state index contributed by atoms with van der Waals surface area (Å²) in [5, 5.41) is 2.17. The van der Waals surface area contributed by atoms with Crippen LogP contribution in [0.15, 0.2) is 17.5 Å². The molecule has 2 nitrogen and oxygen atoms in total. The Kier molecular flexibility index (Phi) is 2.98. The first-order valence-electron chi connectivity index (χ1n) is 5.09. The lowest BCUT2D eigenvalue weighted by Crippen LogP contribution is -3.11. The maximum atomic E-state index is 4.07. The Hall–Kier alpha value is -0.380. The van der Waals surface area contributed by atoms with Gasteiger partial charge in [-0.1, -0.05) is 6.07 Å². The average Bonchev–Trinajstić information content (AvgIpc) is 2.76. The van der Waals surface area contributed by atoms with Crippen molar-refractivity contribution in [1.29, 1.82) is 0 Å². The van der Waals surface area contributed by atoms with E-state index in [0.717, 1.165) is 6.54 Å². The molecule has 0 radical (unpaired) electrons. The predicted molar refractivity (Wildman–Crippen MR) is 54.7 cm³/mol. The molecule has 0 aromatic carbocycles. The molecule has 0 spiro atoms. The molecule has 0 aliphatic carbocycles. The van der Waals surface area contributed by atoms with Crippen molar-refractivity contribution in [3.8, 4) is 0 Å². The summed E-state index contributed by atoms with van der Waals surface area (Å²) in [6.07, 6.45) is 2.80. The normalized spacial score (nSPS) is 20.7. The summed E-state index contributed by atoms with van der Waals surface area (Å²) in [6.45, 7) is 3.73. The molecule has 1 saturated heterocycles. The van der Waals surface area contributed by atoms with E-state index in [1.807, 2.05) is 11.3 Å². The van der Waals surface area contributed by atoms with E-state index in [9.17, 15) is 0 Å². The number of quaternary nitrogens is 2. The zero-order valence-corrected chi connectivity index (χ0v) is 8.78. The van der Waals surface area contributed by atoms with Gasteiger partial charge in [0.05, 0.1) is 18.0 Å². The molecule has 1 fully saturated rings. The molecule has 72 valence electrons. The average molecular weight is 198 g/mol. The Morgan fingerprint density at radius 1 is 1.46 bits per heavy atom. The quantitative estimate of drug-likeness (QED) is 0.669. The standard InChI is InChI=1S/C10H16N2S/c11-8-9(10-4-3-7-13-10)12-5-1-2-6-12/h3-4,7,9H,1-2,5-6,8,11H2/p+2/t9-/m0/s1.